The molecule has 0 bridgehead atoms. The molecule has 3 heterocycles. The molecular weight excluding hydrogens is 793 g/mol. The van der Waals surface area contributed by atoms with Gasteiger partial charge in [-0.2, -0.15) is 0 Å². The van der Waals surface area contributed by atoms with Crippen molar-refractivity contribution in [3.05, 3.63) is 109 Å². The number of aromatic nitrogens is 2. The van der Waals surface area contributed by atoms with Crippen LogP contribution in [-0.2, 0) is 26.5 Å². The Balaban J connectivity index is 0.000000284. The number of furan rings is 1. The molecule has 3 nitrogen and oxygen atoms in total. The second-order valence-electron chi connectivity index (χ2n) is 13.7. The number of fused-ring (bicyclic) bond motifs is 3. The maximum absolute atomic E-state index is 6.46. The molecule has 0 saturated carbocycles. The fourth-order valence-corrected chi connectivity index (χ4v) is 9.39. The normalized spacial score (nSPS) is 11.8. The van der Waals surface area contributed by atoms with E-state index < -0.39 is 21.3 Å². The minimum absolute atomic E-state index is 0. The van der Waals surface area contributed by atoms with Crippen LogP contribution in [0.3, 0.4) is 0 Å². The van der Waals surface area contributed by atoms with Crippen LogP contribution in [-0.4, -0.2) is 31.3 Å². The first kappa shape index (κ1) is 34.1. The fraction of sp³-hybridized carbons (Fsp3) is 0.263. The zero-order valence-electron chi connectivity index (χ0n) is 27.1. The van der Waals surface area contributed by atoms with E-state index in [1.165, 1.54) is 20.5 Å². The van der Waals surface area contributed by atoms with E-state index in [0.29, 0.717) is 5.92 Å². The smallest absolute Gasteiger partial charge is 0.305 e. The second-order valence-corrected chi connectivity index (χ2v) is 29.4. The minimum atomic E-state index is -1.92. The summed E-state index contributed by atoms with van der Waals surface area (Å²) in [5.74, 6) is 7.87. The third-order valence-corrected chi connectivity index (χ3v) is 14.0. The molecule has 6 heteroatoms. The van der Waals surface area contributed by atoms with Crippen molar-refractivity contribution < 1.29 is 24.5 Å². The van der Waals surface area contributed by atoms with E-state index in [1.807, 2.05) is 48.5 Å². The van der Waals surface area contributed by atoms with Gasteiger partial charge in [0.2, 0.25) is 0 Å². The molecule has 0 atom stereocenters. The van der Waals surface area contributed by atoms with Crippen LogP contribution in [0.25, 0.3) is 44.5 Å². The van der Waals surface area contributed by atoms with Gasteiger partial charge in [0.15, 0.2) is 0 Å². The summed E-state index contributed by atoms with van der Waals surface area (Å²) < 4.78 is 7.93. The van der Waals surface area contributed by atoms with E-state index >= 15 is 0 Å². The van der Waals surface area contributed by atoms with Gasteiger partial charge in [-0.3, -0.25) is 0 Å². The average Bonchev–Trinajstić information content (AvgIpc) is 3.35. The standard InChI is InChI=1S/C27H34GeNOSi.C11H8N.Ir/c1-18(2)14-19-15-24(29-17-26(19)31(6,7)8)23-11-9-10-22-21-13-12-20(28(3,4)5)16-25(21)30-27(22)23;1-2-6-10(7-3-1)11-8-4-5-9-12-11;/h9-10,12-13,15-18H,14H2,1-8H3;1-6,8-9H;/q2*-1;. The van der Waals surface area contributed by atoms with Crippen LogP contribution in [0.1, 0.15) is 19.4 Å². The third-order valence-electron chi connectivity index (χ3n) is 7.63. The predicted octanol–water partition coefficient (Wildman–Crippen LogP) is 9.28. The number of benzene rings is 3. The van der Waals surface area contributed by atoms with Gasteiger partial charge in [-0.05, 0) is 11.8 Å². The molecule has 3 aromatic carbocycles. The van der Waals surface area contributed by atoms with Crippen molar-refractivity contribution >= 4 is 52.9 Å². The Bertz CT molecular complexity index is 1800. The van der Waals surface area contributed by atoms with E-state index in [2.05, 4.69) is 104 Å². The van der Waals surface area contributed by atoms with E-state index in [9.17, 15) is 0 Å². The van der Waals surface area contributed by atoms with Crippen molar-refractivity contribution in [3.63, 3.8) is 0 Å². The van der Waals surface area contributed by atoms with Gasteiger partial charge in [0.05, 0.1) is 0 Å². The molecule has 0 saturated heterocycles. The van der Waals surface area contributed by atoms with Crippen molar-refractivity contribution in [2.45, 2.75) is 57.2 Å². The first-order valence-corrected chi connectivity index (χ1v) is 26.0. The topological polar surface area (TPSA) is 38.9 Å². The predicted molar refractivity (Wildman–Crippen MR) is 189 cm³/mol. The van der Waals surface area contributed by atoms with E-state index in [0.717, 1.165) is 45.5 Å². The van der Waals surface area contributed by atoms with E-state index in [-0.39, 0.29) is 20.1 Å². The summed E-state index contributed by atoms with van der Waals surface area (Å²) in [6, 6.07) is 33.5. The summed E-state index contributed by atoms with van der Waals surface area (Å²) in [6.45, 7) is 11.8. The summed E-state index contributed by atoms with van der Waals surface area (Å²) in [6.07, 6.45) is 4.99. The van der Waals surface area contributed by atoms with Crippen molar-refractivity contribution in [1.29, 1.82) is 0 Å². The van der Waals surface area contributed by atoms with Gasteiger partial charge in [-0.1, -0.05) is 12.1 Å². The van der Waals surface area contributed by atoms with Gasteiger partial charge in [0, 0.05) is 26.3 Å². The summed E-state index contributed by atoms with van der Waals surface area (Å²) in [7, 11) is -1.46. The summed E-state index contributed by atoms with van der Waals surface area (Å²) in [5.41, 5.74) is 7.27. The zero-order chi connectivity index (χ0) is 30.8. The van der Waals surface area contributed by atoms with Crippen molar-refractivity contribution in [2.75, 3.05) is 0 Å². The summed E-state index contributed by atoms with van der Waals surface area (Å²) in [5, 5.41) is 3.79. The Kier molecular flexibility index (Phi) is 10.9. The Hall–Kier alpha value is -2.83. The molecule has 0 spiro atoms. The number of rotatable bonds is 6. The van der Waals surface area contributed by atoms with Gasteiger partial charge in [0.25, 0.3) is 0 Å². The van der Waals surface area contributed by atoms with Crippen LogP contribution in [0.2, 0.25) is 36.9 Å². The number of nitrogens with zero attached hydrogens (tertiary/aromatic N) is 2. The van der Waals surface area contributed by atoms with Crippen LogP contribution in [0, 0.1) is 18.1 Å². The van der Waals surface area contributed by atoms with Gasteiger partial charge in [-0.25, -0.2) is 0 Å². The molecule has 6 aromatic rings. The molecule has 0 N–H and O–H groups in total. The molecule has 0 unspecified atom stereocenters. The van der Waals surface area contributed by atoms with E-state index in [4.69, 9.17) is 9.40 Å². The first-order valence-electron chi connectivity index (χ1n) is 15.2. The van der Waals surface area contributed by atoms with Crippen LogP contribution in [0.4, 0.5) is 0 Å². The fourth-order valence-electron chi connectivity index (χ4n) is 5.39. The molecule has 0 amide bonds. The van der Waals surface area contributed by atoms with Crippen molar-refractivity contribution in [2.24, 2.45) is 5.92 Å². The van der Waals surface area contributed by atoms with Gasteiger partial charge >= 0.3 is 191 Å². The van der Waals surface area contributed by atoms with Crippen LogP contribution >= 0.6 is 0 Å². The van der Waals surface area contributed by atoms with Gasteiger partial charge in [0.1, 0.15) is 0 Å². The zero-order valence-corrected chi connectivity index (χ0v) is 32.6. The number of hydrogen-bond donors (Lipinski definition) is 0. The molecule has 3 aromatic heterocycles. The Morgan fingerprint density at radius 3 is 2.23 bits per heavy atom. The van der Waals surface area contributed by atoms with Crippen LogP contribution in [0.5, 0.6) is 0 Å². The number of pyridine rings is 2. The van der Waals surface area contributed by atoms with Gasteiger partial charge in [-0.15, -0.1) is 35.9 Å². The molecule has 0 aliphatic heterocycles. The Morgan fingerprint density at radius 2 is 1.59 bits per heavy atom. The molecular formula is C38H42GeIrN2OSi-2. The maximum atomic E-state index is 6.46. The second kappa shape index (κ2) is 14.1. The average molecular weight is 836 g/mol. The summed E-state index contributed by atoms with van der Waals surface area (Å²) in [4.78, 5) is 9.13. The molecule has 6 rings (SSSR count). The Morgan fingerprint density at radius 1 is 0.818 bits per heavy atom. The molecule has 0 fully saturated rings. The SMILES string of the molecule is CC(C)Cc1cc(-c2[c-]ccc3c2oc2c[c]([Ge]([CH3])([CH3])[CH3])ccc23)ncc1[Si](C)(C)C.[Ir].[c-]1ccccc1-c1ccccn1. The molecule has 0 aliphatic carbocycles. The first-order chi connectivity index (χ1) is 20.4. The summed E-state index contributed by atoms with van der Waals surface area (Å²) >= 11 is -1.92. The van der Waals surface area contributed by atoms with Crippen LogP contribution in [0.15, 0.2) is 95.7 Å². The van der Waals surface area contributed by atoms with Crippen LogP contribution < -0.4 is 9.58 Å². The van der Waals surface area contributed by atoms with Gasteiger partial charge < -0.3 is 4.98 Å². The molecule has 1 radical (unpaired) electrons. The monoisotopic (exact) mass is 837 g/mol. The van der Waals surface area contributed by atoms with E-state index in [1.54, 1.807) is 6.20 Å². The molecule has 229 valence electrons. The quantitative estimate of drug-likeness (QED) is 0.124. The molecule has 0 aliphatic rings. The number of hydrogen-bond acceptors (Lipinski definition) is 3. The Labute approximate surface area is 280 Å². The van der Waals surface area contributed by atoms with Crippen molar-refractivity contribution in [3.8, 4) is 22.5 Å². The third kappa shape index (κ3) is 7.87. The van der Waals surface area contributed by atoms with Crippen molar-refractivity contribution in [1.82, 2.24) is 9.97 Å². The minimum Gasteiger partial charge on any atom is -0.305 e. The molecule has 44 heavy (non-hydrogen) atoms.